The number of benzene rings is 1. The Balaban J connectivity index is 2.15. The van der Waals surface area contributed by atoms with Gasteiger partial charge in [-0.15, -0.1) is 0 Å². The molecule has 1 aromatic carbocycles. The molecule has 4 heteroatoms. The Morgan fingerprint density at radius 2 is 2.06 bits per heavy atom. The molecular formula is C14H13Cl2NO. The summed E-state index contributed by atoms with van der Waals surface area (Å²) in [5.41, 5.74) is 3.02. The number of aliphatic hydroxyl groups excluding tert-OH is 1. The van der Waals surface area contributed by atoms with Gasteiger partial charge in [-0.2, -0.15) is 0 Å². The molecule has 0 spiro atoms. The molecule has 0 amide bonds. The van der Waals surface area contributed by atoms with E-state index in [-0.39, 0.29) is 6.10 Å². The first-order valence-electron chi connectivity index (χ1n) is 6.00. The molecule has 1 unspecified atom stereocenters. The van der Waals surface area contributed by atoms with Crippen LogP contribution < -0.4 is 0 Å². The summed E-state index contributed by atoms with van der Waals surface area (Å²) in [4.78, 5) is 0. The van der Waals surface area contributed by atoms with Crippen LogP contribution in [0, 0.1) is 0 Å². The van der Waals surface area contributed by atoms with Crippen molar-refractivity contribution in [1.82, 2.24) is 4.57 Å². The second-order valence-corrected chi connectivity index (χ2v) is 5.44. The van der Waals surface area contributed by atoms with Gasteiger partial charge in [0.1, 0.15) is 0 Å². The summed E-state index contributed by atoms with van der Waals surface area (Å²) in [5.74, 6) is 0. The molecule has 3 rings (SSSR count). The van der Waals surface area contributed by atoms with Crippen molar-refractivity contribution in [1.29, 1.82) is 0 Å². The molecule has 0 bridgehead atoms. The fourth-order valence-corrected chi connectivity index (χ4v) is 2.94. The number of hydrogen-bond acceptors (Lipinski definition) is 1. The van der Waals surface area contributed by atoms with Crippen LogP contribution in [0.4, 0.5) is 0 Å². The molecule has 0 saturated heterocycles. The van der Waals surface area contributed by atoms with Gasteiger partial charge in [0.2, 0.25) is 0 Å². The maximum atomic E-state index is 9.97. The van der Waals surface area contributed by atoms with Gasteiger partial charge in [0.15, 0.2) is 0 Å². The summed E-state index contributed by atoms with van der Waals surface area (Å²) in [5, 5.41) is 11.3. The molecule has 18 heavy (non-hydrogen) atoms. The first kappa shape index (κ1) is 12.1. The zero-order valence-corrected chi connectivity index (χ0v) is 11.2. The third-order valence-corrected chi connectivity index (χ3v) is 4.00. The summed E-state index contributed by atoms with van der Waals surface area (Å²) in [6.45, 7) is 0. The predicted molar refractivity (Wildman–Crippen MR) is 73.7 cm³/mol. The Morgan fingerprint density at radius 3 is 2.89 bits per heavy atom. The Kier molecular flexibility index (Phi) is 3.10. The second kappa shape index (κ2) is 4.61. The number of aliphatic hydroxyl groups is 1. The minimum atomic E-state index is -0.354. The van der Waals surface area contributed by atoms with Gasteiger partial charge >= 0.3 is 0 Å². The lowest BCUT2D eigenvalue weighted by molar-refractivity contribution is 0.156. The smallest absolute Gasteiger partial charge is 0.0807 e. The minimum absolute atomic E-state index is 0.354. The van der Waals surface area contributed by atoms with Gasteiger partial charge in [0.05, 0.1) is 16.8 Å². The van der Waals surface area contributed by atoms with Crippen molar-refractivity contribution < 1.29 is 5.11 Å². The number of fused-ring (bicyclic) bond motifs is 1. The van der Waals surface area contributed by atoms with Crippen molar-refractivity contribution in [2.24, 2.45) is 0 Å². The lowest BCUT2D eigenvalue weighted by Crippen LogP contribution is -2.11. The van der Waals surface area contributed by atoms with Crippen LogP contribution in [-0.4, -0.2) is 9.67 Å². The molecule has 1 N–H and O–H groups in total. The van der Waals surface area contributed by atoms with Gasteiger partial charge in [0, 0.05) is 22.5 Å². The largest absolute Gasteiger partial charge is 0.388 e. The Bertz CT molecular complexity index is 591. The van der Waals surface area contributed by atoms with Crippen molar-refractivity contribution in [2.75, 3.05) is 0 Å². The first-order valence-corrected chi connectivity index (χ1v) is 6.76. The summed E-state index contributed by atoms with van der Waals surface area (Å²) in [6, 6.07) is 7.39. The van der Waals surface area contributed by atoms with E-state index >= 15 is 0 Å². The fraction of sp³-hybridized carbons (Fsp3) is 0.286. The topological polar surface area (TPSA) is 25.2 Å². The van der Waals surface area contributed by atoms with Gasteiger partial charge in [-0.25, -0.2) is 0 Å². The molecule has 0 radical (unpaired) electrons. The molecular weight excluding hydrogens is 269 g/mol. The molecule has 2 aromatic rings. The summed E-state index contributed by atoms with van der Waals surface area (Å²) in [6.07, 6.45) is 4.39. The van der Waals surface area contributed by atoms with Crippen LogP contribution >= 0.6 is 23.2 Å². The number of rotatable bonds is 1. The molecule has 0 saturated carbocycles. The van der Waals surface area contributed by atoms with Gasteiger partial charge in [-0.05, 0) is 43.5 Å². The van der Waals surface area contributed by atoms with E-state index in [0.717, 1.165) is 36.2 Å². The maximum absolute atomic E-state index is 9.97. The van der Waals surface area contributed by atoms with Gasteiger partial charge in [-0.3, -0.25) is 0 Å². The highest BCUT2D eigenvalue weighted by Crippen LogP contribution is 2.34. The van der Waals surface area contributed by atoms with Gasteiger partial charge in [0.25, 0.3) is 0 Å². The van der Waals surface area contributed by atoms with Crippen LogP contribution in [0.3, 0.4) is 0 Å². The van der Waals surface area contributed by atoms with Crippen LogP contribution in [0.2, 0.25) is 10.0 Å². The summed E-state index contributed by atoms with van der Waals surface area (Å²) in [7, 11) is 0. The van der Waals surface area contributed by atoms with Gasteiger partial charge < -0.3 is 9.67 Å². The van der Waals surface area contributed by atoms with Crippen LogP contribution in [0.15, 0.2) is 30.5 Å². The highest BCUT2D eigenvalue weighted by Gasteiger charge is 2.22. The fourth-order valence-electron chi connectivity index (χ4n) is 2.56. The van der Waals surface area contributed by atoms with Crippen molar-refractivity contribution in [3.63, 3.8) is 0 Å². The highest BCUT2D eigenvalue weighted by atomic mass is 35.5. The van der Waals surface area contributed by atoms with E-state index in [1.807, 2.05) is 22.9 Å². The number of hydrogen-bond donors (Lipinski definition) is 1. The molecule has 1 aromatic heterocycles. The molecule has 1 aliphatic rings. The zero-order valence-electron chi connectivity index (χ0n) is 9.74. The van der Waals surface area contributed by atoms with Crippen LogP contribution in [0.1, 0.15) is 30.2 Å². The van der Waals surface area contributed by atoms with E-state index in [9.17, 15) is 5.11 Å². The monoisotopic (exact) mass is 281 g/mol. The average Bonchev–Trinajstić information content (AvgIpc) is 2.77. The molecule has 1 atom stereocenters. The van der Waals surface area contributed by atoms with Crippen molar-refractivity contribution in [3.8, 4) is 5.69 Å². The molecule has 0 fully saturated rings. The van der Waals surface area contributed by atoms with E-state index < -0.39 is 0 Å². The molecule has 1 aliphatic carbocycles. The first-order chi connectivity index (χ1) is 8.66. The summed E-state index contributed by atoms with van der Waals surface area (Å²) < 4.78 is 2.03. The van der Waals surface area contributed by atoms with Crippen LogP contribution in [0.25, 0.3) is 5.69 Å². The van der Waals surface area contributed by atoms with Crippen molar-refractivity contribution >= 4 is 23.2 Å². The van der Waals surface area contributed by atoms with E-state index in [1.54, 1.807) is 12.1 Å². The van der Waals surface area contributed by atoms with E-state index in [4.69, 9.17) is 23.2 Å². The van der Waals surface area contributed by atoms with Crippen molar-refractivity contribution in [3.05, 3.63) is 51.8 Å². The number of aromatic nitrogens is 1. The second-order valence-electron chi connectivity index (χ2n) is 4.59. The lowest BCUT2D eigenvalue weighted by Gasteiger charge is -2.20. The van der Waals surface area contributed by atoms with E-state index in [2.05, 4.69) is 0 Å². The zero-order chi connectivity index (χ0) is 12.7. The third kappa shape index (κ3) is 1.95. The molecule has 1 heterocycles. The predicted octanol–water partition coefficient (Wildman–Crippen LogP) is 4.15. The normalized spacial score (nSPS) is 18.7. The molecule has 0 aliphatic heterocycles. The Labute approximate surface area is 116 Å². The maximum Gasteiger partial charge on any atom is 0.0807 e. The van der Waals surface area contributed by atoms with E-state index in [0.29, 0.717) is 10.0 Å². The minimum Gasteiger partial charge on any atom is -0.388 e. The van der Waals surface area contributed by atoms with Gasteiger partial charge in [-0.1, -0.05) is 23.2 Å². The summed E-state index contributed by atoms with van der Waals surface area (Å²) >= 11 is 12.2. The number of halogens is 2. The van der Waals surface area contributed by atoms with Crippen molar-refractivity contribution in [2.45, 2.75) is 25.4 Å². The average molecular weight is 282 g/mol. The van der Waals surface area contributed by atoms with E-state index in [1.165, 1.54) is 0 Å². The third-order valence-electron chi connectivity index (χ3n) is 3.45. The van der Waals surface area contributed by atoms with Crippen LogP contribution in [0.5, 0.6) is 0 Å². The Hall–Kier alpha value is -0.960. The quantitative estimate of drug-likeness (QED) is 0.835. The molecule has 2 nitrogen and oxygen atoms in total. The Morgan fingerprint density at radius 1 is 1.22 bits per heavy atom. The van der Waals surface area contributed by atoms with Crippen LogP contribution in [-0.2, 0) is 6.42 Å². The highest BCUT2D eigenvalue weighted by molar-refractivity contribution is 6.34. The standard InChI is InChI=1S/C14H13Cl2NO/c15-9-4-5-11(16)13(8-9)17-7-6-10-12(17)2-1-3-14(10)18/h4-8,14,18H,1-3H2. The SMILES string of the molecule is OC1CCCc2c1ccn2-c1cc(Cl)ccc1Cl. The molecule has 94 valence electrons. The number of nitrogens with zero attached hydrogens (tertiary/aromatic N) is 1. The lowest BCUT2D eigenvalue weighted by atomic mass is 9.95.